The summed E-state index contributed by atoms with van der Waals surface area (Å²) in [6, 6.07) is 6.65. The van der Waals surface area contributed by atoms with Crippen LogP contribution < -0.4 is 10.1 Å². The lowest BCUT2D eigenvalue weighted by Crippen LogP contribution is -2.33. The van der Waals surface area contributed by atoms with Crippen molar-refractivity contribution in [3.8, 4) is 22.9 Å². The maximum absolute atomic E-state index is 9.72. The number of hydrogen-bond acceptors (Lipinski definition) is 8. The van der Waals surface area contributed by atoms with Gasteiger partial charge in [0.2, 0.25) is 6.29 Å². The van der Waals surface area contributed by atoms with Crippen molar-refractivity contribution < 1.29 is 24.4 Å². The van der Waals surface area contributed by atoms with Crippen LogP contribution in [0.4, 0.5) is 5.82 Å². The van der Waals surface area contributed by atoms with Gasteiger partial charge in [-0.15, -0.1) is 0 Å². The molecule has 0 radical (unpaired) electrons. The zero-order valence-electron chi connectivity index (χ0n) is 14.1. The molecule has 1 aromatic heterocycles. The number of phenolic OH excluding ortho intramolecular Hbond substituents is 1. The van der Waals surface area contributed by atoms with Crippen LogP contribution in [0.25, 0.3) is 11.4 Å². The Morgan fingerprint density at radius 3 is 2.72 bits per heavy atom. The van der Waals surface area contributed by atoms with E-state index < -0.39 is 6.29 Å². The summed E-state index contributed by atoms with van der Waals surface area (Å²) in [6.07, 6.45) is -0.960. The van der Waals surface area contributed by atoms with E-state index >= 15 is 0 Å². The van der Waals surface area contributed by atoms with Crippen molar-refractivity contribution in [2.24, 2.45) is 0 Å². The van der Waals surface area contributed by atoms with Crippen LogP contribution in [0.2, 0.25) is 0 Å². The van der Waals surface area contributed by atoms with E-state index in [1.54, 1.807) is 31.2 Å². The van der Waals surface area contributed by atoms with Crippen LogP contribution in [-0.4, -0.2) is 46.2 Å². The standard InChI is InChI=1S/C17H21N3O5/c1-3-23-14-13(17-24-10(2)25-17)19-15(20-16(14)18-7-8-21)11-5-4-6-12(22)9-11/h4-6,9-10,17,21-22H,3,7-8H2,1-2H3,(H,18,19,20). The SMILES string of the molecule is CCOc1c(NCCO)nc(-c2cccc(O)c2)nc1C1OC(C)O1. The highest BCUT2D eigenvalue weighted by Crippen LogP contribution is 2.40. The third-order valence-corrected chi connectivity index (χ3v) is 3.54. The van der Waals surface area contributed by atoms with Gasteiger partial charge >= 0.3 is 0 Å². The maximum atomic E-state index is 9.72. The number of benzene rings is 1. The van der Waals surface area contributed by atoms with Crippen molar-refractivity contribution in [2.45, 2.75) is 26.4 Å². The molecule has 0 saturated carbocycles. The highest BCUT2D eigenvalue weighted by Gasteiger charge is 2.34. The van der Waals surface area contributed by atoms with Crippen LogP contribution in [0.5, 0.6) is 11.5 Å². The number of hydrogen-bond donors (Lipinski definition) is 3. The van der Waals surface area contributed by atoms with Gasteiger partial charge < -0.3 is 29.7 Å². The van der Waals surface area contributed by atoms with Gasteiger partial charge in [0.25, 0.3) is 0 Å². The molecule has 0 amide bonds. The Morgan fingerprint density at radius 2 is 2.08 bits per heavy atom. The number of aliphatic hydroxyl groups is 1. The molecule has 8 heteroatoms. The summed E-state index contributed by atoms with van der Waals surface area (Å²) in [7, 11) is 0. The van der Waals surface area contributed by atoms with Gasteiger partial charge in [-0.25, -0.2) is 9.97 Å². The topological polar surface area (TPSA) is 106 Å². The average molecular weight is 347 g/mol. The highest BCUT2D eigenvalue weighted by atomic mass is 16.9. The van der Waals surface area contributed by atoms with Gasteiger partial charge in [0.05, 0.1) is 13.2 Å². The average Bonchev–Trinajstić information content (AvgIpc) is 2.58. The molecule has 1 fully saturated rings. The molecule has 2 heterocycles. The van der Waals surface area contributed by atoms with Crippen molar-refractivity contribution in [3.05, 3.63) is 30.0 Å². The third kappa shape index (κ3) is 3.81. The van der Waals surface area contributed by atoms with Gasteiger partial charge in [0.1, 0.15) is 11.4 Å². The van der Waals surface area contributed by atoms with E-state index in [9.17, 15) is 5.11 Å². The fraction of sp³-hybridized carbons (Fsp3) is 0.412. The van der Waals surface area contributed by atoms with Gasteiger partial charge in [-0.3, -0.25) is 0 Å². The molecule has 3 rings (SSSR count). The Labute approximate surface area is 145 Å². The minimum absolute atomic E-state index is 0.0557. The van der Waals surface area contributed by atoms with Crippen LogP contribution >= 0.6 is 0 Å². The first-order valence-electron chi connectivity index (χ1n) is 8.12. The highest BCUT2D eigenvalue weighted by molar-refractivity contribution is 5.63. The molecular formula is C17H21N3O5. The second-order valence-electron chi connectivity index (χ2n) is 5.42. The molecule has 1 aromatic carbocycles. The van der Waals surface area contributed by atoms with E-state index in [0.717, 1.165) is 0 Å². The zero-order valence-corrected chi connectivity index (χ0v) is 14.1. The van der Waals surface area contributed by atoms with Crippen molar-refractivity contribution in [1.29, 1.82) is 0 Å². The molecular weight excluding hydrogens is 326 g/mol. The molecule has 25 heavy (non-hydrogen) atoms. The third-order valence-electron chi connectivity index (χ3n) is 3.54. The Hall–Kier alpha value is -2.42. The number of aromatic nitrogens is 2. The number of ether oxygens (including phenoxy) is 3. The maximum Gasteiger partial charge on any atom is 0.210 e. The van der Waals surface area contributed by atoms with E-state index in [0.29, 0.717) is 41.8 Å². The molecule has 0 spiro atoms. The smallest absolute Gasteiger partial charge is 0.210 e. The Bertz CT molecular complexity index is 734. The first-order valence-corrected chi connectivity index (χ1v) is 8.12. The normalized spacial score (nSPS) is 19.3. The summed E-state index contributed by atoms with van der Waals surface area (Å²) >= 11 is 0. The fourth-order valence-corrected chi connectivity index (χ4v) is 2.47. The molecule has 0 atom stereocenters. The molecule has 134 valence electrons. The first kappa shape index (κ1) is 17.4. The molecule has 1 aliphatic heterocycles. The number of nitrogens with one attached hydrogen (secondary N) is 1. The molecule has 3 N–H and O–H groups in total. The van der Waals surface area contributed by atoms with Crippen LogP contribution in [0, 0.1) is 0 Å². The second-order valence-corrected chi connectivity index (χ2v) is 5.42. The number of anilines is 1. The molecule has 0 aliphatic carbocycles. The quantitative estimate of drug-likeness (QED) is 0.699. The Morgan fingerprint density at radius 1 is 1.28 bits per heavy atom. The van der Waals surface area contributed by atoms with Crippen molar-refractivity contribution >= 4 is 5.82 Å². The summed E-state index contributed by atoms with van der Waals surface area (Å²) in [6.45, 7) is 4.31. The summed E-state index contributed by atoms with van der Waals surface area (Å²) in [5.74, 6) is 1.37. The predicted molar refractivity (Wildman–Crippen MR) is 90.3 cm³/mol. The lowest BCUT2D eigenvalue weighted by Gasteiger charge is -2.34. The number of phenols is 1. The Balaban J connectivity index is 2.07. The summed E-state index contributed by atoms with van der Waals surface area (Å²) in [5.41, 5.74) is 1.11. The van der Waals surface area contributed by atoms with Crippen LogP contribution in [0.3, 0.4) is 0 Å². The molecule has 0 unspecified atom stereocenters. The van der Waals surface area contributed by atoms with E-state index in [1.807, 2.05) is 6.92 Å². The van der Waals surface area contributed by atoms with E-state index in [4.69, 9.17) is 19.3 Å². The lowest BCUT2D eigenvalue weighted by atomic mass is 10.2. The van der Waals surface area contributed by atoms with Gasteiger partial charge in [0.15, 0.2) is 23.7 Å². The van der Waals surface area contributed by atoms with Crippen LogP contribution in [-0.2, 0) is 9.47 Å². The van der Waals surface area contributed by atoms with Gasteiger partial charge in [0, 0.05) is 12.1 Å². The minimum Gasteiger partial charge on any atom is -0.508 e. The van der Waals surface area contributed by atoms with Crippen molar-refractivity contribution in [3.63, 3.8) is 0 Å². The monoisotopic (exact) mass is 347 g/mol. The lowest BCUT2D eigenvalue weighted by molar-refractivity contribution is -0.384. The number of rotatable bonds is 7. The minimum atomic E-state index is -0.648. The number of aromatic hydroxyl groups is 1. The molecule has 1 saturated heterocycles. The fourth-order valence-electron chi connectivity index (χ4n) is 2.47. The molecule has 1 aliphatic rings. The molecule has 8 nitrogen and oxygen atoms in total. The van der Waals surface area contributed by atoms with Gasteiger partial charge in [-0.05, 0) is 26.0 Å². The van der Waals surface area contributed by atoms with Crippen molar-refractivity contribution in [2.75, 3.05) is 25.1 Å². The summed E-state index contributed by atoms with van der Waals surface area (Å²) < 4.78 is 16.8. The van der Waals surface area contributed by atoms with Crippen LogP contribution in [0.15, 0.2) is 24.3 Å². The Kier molecular flexibility index (Phi) is 5.32. The van der Waals surface area contributed by atoms with E-state index in [2.05, 4.69) is 15.3 Å². The zero-order chi connectivity index (χ0) is 17.8. The largest absolute Gasteiger partial charge is 0.508 e. The van der Waals surface area contributed by atoms with Crippen molar-refractivity contribution in [1.82, 2.24) is 9.97 Å². The summed E-state index contributed by atoms with van der Waals surface area (Å²) in [5, 5.41) is 21.9. The van der Waals surface area contributed by atoms with Crippen LogP contribution in [0.1, 0.15) is 25.8 Å². The summed E-state index contributed by atoms with van der Waals surface area (Å²) in [4.78, 5) is 9.01. The first-order chi connectivity index (χ1) is 12.1. The predicted octanol–water partition coefficient (Wildman–Crippen LogP) is 2.04. The van der Waals surface area contributed by atoms with Gasteiger partial charge in [-0.2, -0.15) is 0 Å². The number of aliphatic hydroxyl groups excluding tert-OH is 1. The van der Waals surface area contributed by atoms with E-state index in [-0.39, 0.29) is 18.6 Å². The molecule has 2 aromatic rings. The van der Waals surface area contributed by atoms with Gasteiger partial charge in [-0.1, -0.05) is 12.1 Å². The number of nitrogens with zero attached hydrogens (tertiary/aromatic N) is 2. The second kappa shape index (κ2) is 7.64. The van der Waals surface area contributed by atoms with E-state index in [1.165, 1.54) is 0 Å². The molecule has 0 bridgehead atoms.